The Kier molecular flexibility index (Phi) is 7.11. The summed E-state index contributed by atoms with van der Waals surface area (Å²) in [6.07, 6.45) is 2.38. The van der Waals surface area contributed by atoms with Crippen LogP contribution in [0.1, 0.15) is 25.3 Å². The second kappa shape index (κ2) is 9.53. The van der Waals surface area contributed by atoms with Crippen LogP contribution in [-0.4, -0.2) is 79.7 Å². The van der Waals surface area contributed by atoms with E-state index in [2.05, 4.69) is 45.9 Å². The van der Waals surface area contributed by atoms with Crippen LogP contribution in [0.3, 0.4) is 0 Å². The molecule has 2 saturated heterocycles. The molecule has 0 bridgehead atoms. The smallest absolute Gasteiger partial charge is 0.119 e. The van der Waals surface area contributed by atoms with Crippen molar-refractivity contribution in [1.82, 2.24) is 14.7 Å². The van der Waals surface area contributed by atoms with E-state index in [-0.39, 0.29) is 0 Å². The van der Waals surface area contributed by atoms with Crippen molar-refractivity contribution in [2.75, 3.05) is 59.0 Å². The summed E-state index contributed by atoms with van der Waals surface area (Å²) < 4.78 is 5.94. The number of piperazine rings is 1. The Balaban J connectivity index is 1.36. The SMILES string of the molecule is CCN1CCN(CCOc2ccc(CN3CCC[C@H](N)C3)cc2)CC1. The first-order chi connectivity index (χ1) is 12.2. The van der Waals surface area contributed by atoms with Gasteiger partial charge in [0.15, 0.2) is 0 Å². The number of hydrogen-bond acceptors (Lipinski definition) is 5. The van der Waals surface area contributed by atoms with Crippen molar-refractivity contribution in [3.63, 3.8) is 0 Å². The van der Waals surface area contributed by atoms with E-state index in [1.807, 2.05) is 0 Å². The van der Waals surface area contributed by atoms with Gasteiger partial charge in [0.1, 0.15) is 12.4 Å². The number of piperidine rings is 1. The van der Waals surface area contributed by atoms with Gasteiger partial charge in [0.25, 0.3) is 0 Å². The standard InChI is InChI=1S/C20H34N4O/c1-2-22-10-12-23(13-11-22)14-15-25-20-7-5-18(6-8-20)16-24-9-3-4-19(21)17-24/h5-8,19H,2-4,9-17,21H2,1H3/t19-/m0/s1. The predicted molar refractivity (Wildman–Crippen MR) is 103 cm³/mol. The molecule has 2 N–H and O–H groups in total. The van der Waals surface area contributed by atoms with E-state index in [0.29, 0.717) is 6.04 Å². The Bertz CT molecular complexity index is 499. The molecule has 2 aliphatic heterocycles. The number of benzene rings is 1. The van der Waals surface area contributed by atoms with E-state index in [1.165, 1.54) is 31.6 Å². The molecule has 1 aromatic carbocycles. The van der Waals surface area contributed by atoms with E-state index < -0.39 is 0 Å². The molecule has 0 unspecified atom stereocenters. The third-order valence-corrected chi connectivity index (χ3v) is 5.46. The molecule has 2 heterocycles. The van der Waals surface area contributed by atoms with Crippen LogP contribution in [0.15, 0.2) is 24.3 Å². The van der Waals surface area contributed by atoms with Crippen LogP contribution in [0.4, 0.5) is 0 Å². The molecule has 2 aliphatic rings. The first-order valence-electron chi connectivity index (χ1n) is 9.87. The average Bonchev–Trinajstić information content (AvgIpc) is 2.64. The lowest BCUT2D eigenvalue weighted by Gasteiger charge is -2.33. The Morgan fingerprint density at radius 3 is 2.40 bits per heavy atom. The highest BCUT2D eigenvalue weighted by Gasteiger charge is 2.17. The highest BCUT2D eigenvalue weighted by molar-refractivity contribution is 5.27. The van der Waals surface area contributed by atoms with Crippen molar-refractivity contribution in [2.24, 2.45) is 5.73 Å². The van der Waals surface area contributed by atoms with Gasteiger partial charge in [-0.15, -0.1) is 0 Å². The summed E-state index contributed by atoms with van der Waals surface area (Å²) in [5, 5.41) is 0. The minimum absolute atomic E-state index is 0.343. The topological polar surface area (TPSA) is 45.0 Å². The van der Waals surface area contributed by atoms with Gasteiger partial charge >= 0.3 is 0 Å². The fraction of sp³-hybridized carbons (Fsp3) is 0.700. The molecule has 5 nitrogen and oxygen atoms in total. The third kappa shape index (κ3) is 5.96. The van der Waals surface area contributed by atoms with E-state index >= 15 is 0 Å². The fourth-order valence-corrected chi connectivity index (χ4v) is 3.81. The molecule has 0 amide bonds. The quantitative estimate of drug-likeness (QED) is 0.813. The number of ether oxygens (including phenoxy) is 1. The van der Waals surface area contributed by atoms with Crippen LogP contribution in [0.2, 0.25) is 0 Å². The number of nitrogens with two attached hydrogens (primary N) is 1. The number of likely N-dealkylation sites (tertiary alicyclic amines) is 1. The zero-order chi connectivity index (χ0) is 17.5. The lowest BCUT2D eigenvalue weighted by molar-refractivity contribution is 0.121. The van der Waals surface area contributed by atoms with Crippen LogP contribution in [0.25, 0.3) is 0 Å². The van der Waals surface area contributed by atoms with E-state index in [4.69, 9.17) is 10.5 Å². The molecule has 1 aromatic rings. The highest BCUT2D eigenvalue weighted by Crippen LogP contribution is 2.16. The van der Waals surface area contributed by atoms with Crippen molar-refractivity contribution in [3.05, 3.63) is 29.8 Å². The number of hydrogen-bond donors (Lipinski definition) is 1. The van der Waals surface area contributed by atoms with Crippen LogP contribution in [0, 0.1) is 0 Å². The zero-order valence-electron chi connectivity index (χ0n) is 15.7. The Morgan fingerprint density at radius 1 is 1.00 bits per heavy atom. The van der Waals surface area contributed by atoms with Crippen LogP contribution >= 0.6 is 0 Å². The van der Waals surface area contributed by atoms with E-state index in [0.717, 1.165) is 58.0 Å². The van der Waals surface area contributed by atoms with E-state index in [1.54, 1.807) is 0 Å². The van der Waals surface area contributed by atoms with Gasteiger partial charge in [0.2, 0.25) is 0 Å². The van der Waals surface area contributed by atoms with Gasteiger partial charge in [-0.25, -0.2) is 0 Å². The lowest BCUT2D eigenvalue weighted by atomic mass is 10.1. The summed E-state index contributed by atoms with van der Waals surface area (Å²) in [4.78, 5) is 7.46. The van der Waals surface area contributed by atoms with Crippen LogP contribution in [-0.2, 0) is 6.54 Å². The molecule has 0 saturated carbocycles. The van der Waals surface area contributed by atoms with Gasteiger partial charge < -0.3 is 15.4 Å². The van der Waals surface area contributed by atoms with Gasteiger partial charge in [0.05, 0.1) is 0 Å². The molecule has 3 rings (SSSR count). The second-order valence-electron chi connectivity index (χ2n) is 7.41. The van der Waals surface area contributed by atoms with Crippen LogP contribution in [0.5, 0.6) is 5.75 Å². The molecule has 0 aliphatic carbocycles. The van der Waals surface area contributed by atoms with Gasteiger partial charge in [-0.3, -0.25) is 9.80 Å². The second-order valence-corrected chi connectivity index (χ2v) is 7.41. The zero-order valence-corrected chi connectivity index (χ0v) is 15.7. The molecule has 0 spiro atoms. The Labute approximate surface area is 152 Å². The largest absolute Gasteiger partial charge is 0.492 e. The maximum absolute atomic E-state index is 6.07. The maximum atomic E-state index is 6.07. The maximum Gasteiger partial charge on any atom is 0.119 e. The lowest BCUT2D eigenvalue weighted by Crippen LogP contribution is -2.47. The fourth-order valence-electron chi connectivity index (χ4n) is 3.81. The third-order valence-electron chi connectivity index (χ3n) is 5.46. The molecule has 5 heteroatoms. The molecule has 140 valence electrons. The minimum atomic E-state index is 0.343. The number of rotatable bonds is 7. The molecule has 1 atom stereocenters. The summed E-state index contributed by atoms with van der Waals surface area (Å²) in [7, 11) is 0. The Hall–Kier alpha value is -1.14. The monoisotopic (exact) mass is 346 g/mol. The van der Waals surface area contributed by atoms with Crippen LogP contribution < -0.4 is 10.5 Å². The summed E-state index contributed by atoms with van der Waals surface area (Å²) in [6.45, 7) is 13.1. The molecular formula is C20H34N4O. The first-order valence-corrected chi connectivity index (χ1v) is 9.87. The van der Waals surface area contributed by atoms with Gasteiger partial charge in [-0.2, -0.15) is 0 Å². The highest BCUT2D eigenvalue weighted by atomic mass is 16.5. The molecule has 0 aromatic heterocycles. The molecule has 0 radical (unpaired) electrons. The van der Waals surface area contributed by atoms with Crippen molar-refractivity contribution < 1.29 is 4.74 Å². The predicted octanol–water partition coefficient (Wildman–Crippen LogP) is 1.63. The van der Waals surface area contributed by atoms with E-state index in [9.17, 15) is 0 Å². The summed E-state index contributed by atoms with van der Waals surface area (Å²) >= 11 is 0. The first kappa shape index (κ1) is 18.6. The average molecular weight is 347 g/mol. The number of nitrogens with zero attached hydrogens (tertiary/aromatic N) is 3. The van der Waals surface area contributed by atoms with Gasteiger partial charge in [-0.1, -0.05) is 19.1 Å². The molecule has 2 fully saturated rings. The summed E-state index contributed by atoms with van der Waals surface area (Å²) in [6, 6.07) is 8.93. The van der Waals surface area contributed by atoms with Crippen molar-refractivity contribution in [3.8, 4) is 5.75 Å². The van der Waals surface area contributed by atoms with Crippen molar-refractivity contribution in [1.29, 1.82) is 0 Å². The normalized spacial score (nSPS) is 23.7. The minimum Gasteiger partial charge on any atom is -0.492 e. The summed E-state index contributed by atoms with van der Waals surface area (Å²) in [5.74, 6) is 0.978. The molecule has 25 heavy (non-hydrogen) atoms. The molecular weight excluding hydrogens is 312 g/mol. The number of likely N-dealkylation sites (N-methyl/N-ethyl adjacent to an activating group) is 1. The van der Waals surface area contributed by atoms with Gasteiger partial charge in [-0.05, 0) is 43.6 Å². The Morgan fingerprint density at radius 2 is 1.72 bits per heavy atom. The van der Waals surface area contributed by atoms with Gasteiger partial charge in [0, 0.05) is 51.9 Å². The summed E-state index contributed by atoms with van der Waals surface area (Å²) in [5.41, 5.74) is 7.41. The van der Waals surface area contributed by atoms with Crippen molar-refractivity contribution >= 4 is 0 Å². The van der Waals surface area contributed by atoms with Crippen molar-refractivity contribution in [2.45, 2.75) is 32.4 Å².